The summed E-state index contributed by atoms with van der Waals surface area (Å²) in [6.45, 7) is 0.887. The van der Waals surface area contributed by atoms with E-state index in [9.17, 15) is 22.4 Å². The molecule has 33 heavy (non-hydrogen) atoms. The number of hydrogen-bond donors (Lipinski definition) is 2. The molecule has 1 aromatic carbocycles. The van der Waals surface area contributed by atoms with Crippen molar-refractivity contribution in [1.82, 2.24) is 15.0 Å². The van der Waals surface area contributed by atoms with Gasteiger partial charge in [-0.1, -0.05) is 6.07 Å². The molecule has 0 aliphatic heterocycles. The molecule has 0 aliphatic rings. The van der Waals surface area contributed by atoms with E-state index < -0.39 is 31.9 Å². The Morgan fingerprint density at radius 3 is 2.42 bits per heavy atom. The molecule has 2 N–H and O–H groups in total. The number of pyridine rings is 2. The molecule has 0 radical (unpaired) electrons. The molecular weight excluding hydrogens is 451 g/mol. The summed E-state index contributed by atoms with van der Waals surface area (Å²) in [5.41, 5.74) is 2.26. The van der Waals surface area contributed by atoms with Gasteiger partial charge in [-0.2, -0.15) is 0 Å². The molecule has 0 saturated heterocycles. The van der Waals surface area contributed by atoms with Crippen LogP contribution in [-0.4, -0.2) is 54.2 Å². The number of anilines is 1. The maximum absolute atomic E-state index is 15.0. The van der Waals surface area contributed by atoms with Crippen molar-refractivity contribution < 1.29 is 22.8 Å². The average molecular weight is 477 g/mol. The van der Waals surface area contributed by atoms with Crippen LogP contribution in [0.25, 0.3) is 21.9 Å². The topological polar surface area (TPSA) is 122 Å². The molecule has 0 bridgehead atoms. The van der Waals surface area contributed by atoms with Crippen molar-refractivity contribution in [2.24, 2.45) is 0 Å². The van der Waals surface area contributed by atoms with Gasteiger partial charge in [-0.05, 0) is 43.2 Å². The fourth-order valence-corrected chi connectivity index (χ4v) is 4.28. The van der Waals surface area contributed by atoms with Crippen LogP contribution in [0.4, 0.5) is 10.2 Å². The first-order valence-corrected chi connectivity index (χ1v) is 11.9. The van der Waals surface area contributed by atoms with E-state index in [4.69, 9.17) is 5.21 Å². The van der Waals surface area contributed by atoms with Crippen molar-refractivity contribution in [3.8, 4) is 11.1 Å². The summed E-state index contributed by atoms with van der Waals surface area (Å²) in [6, 6.07) is 8.42. The van der Waals surface area contributed by atoms with E-state index in [0.717, 1.165) is 35.3 Å². The summed E-state index contributed by atoms with van der Waals surface area (Å²) >= 11 is 0. The standard InChI is InChI=1S/C22H25FN4O5S/c1-22(21(29)25-30,33(4,31)32)9-10-27-13-18(23)17-11-14(5-7-16(17)20(27)28)15-6-8-19(24-12-15)26(2)3/h5-8,11-13,30H,9-10H2,1-4H3,(H,25,29)/t22-/m0/s1. The third kappa shape index (κ3) is 4.60. The SMILES string of the molecule is CN(C)c1ccc(-c2ccc3c(=O)n(CC[C@@](C)(C(=O)NO)S(C)(=O)=O)cc(F)c3c2)cn1. The Morgan fingerprint density at radius 1 is 1.21 bits per heavy atom. The van der Waals surface area contributed by atoms with Gasteiger partial charge in [0.15, 0.2) is 14.6 Å². The largest absolute Gasteiger partial charge is 0.363 e. The van der Waals surface area contributed by atoms with Crippen molar-refractivity contribution in [1.29, 1.82) is 0 Å². The molecule has 176 valence electrons. The summed E-state index contributed by atoms with van der Waals surface area (Å²) in [7, 11) is -0.210. The smallest absolute Gasteiger partial charge is 0.264 e. The number of rotatable bonds is 7. The fourth-order valence-electron chi connectivity index (χ4n) is 3.43. The highest BCUT2D eigenvalue weighted by molar-refractivity contribution is 7.92. The number of benzene rings is 1. The Labute approximate surface area is 190 Å². The van der Waals surface area contributed by atoms with Gasteiger partial charge in [0.05, 0.1) is 5.39 Å². The van der Waals surface area contributed by atoms with Crippen LogP contribution in [-0.2, 0) is 21.2 Å². The molecule has 0 unspecified atom stereocenters. The third-order valence-electron chi connectivity index (χ3n) is 5.81. The van der Waals surface area contributed by atoms with Crippen molar-refractivity contribution in [3.05, 3.63) is 58.9 Å². The first-order chi connectivity index (χ1) is 15.4. The summed E-state index contributed by atoms with van der Waals surface area (Å²) in [5.74, 6) is -1.03. The molecule has 0 saturated carbocycles. The van der Waals surface area contributed by atoms with Gasteiger partial charge < -0.3 is 9.47 Å². The second-order valence-electron chi connectivity index (χ2n) is 8.23. The van der Waals surface area contributed by atoms with Crippen molar-refractivity contribution >= 4 is 32.3 Å². The molecule has 0 fully saturated rings. The number of aromatic nitrogens is 2. The number of aryl methyl sites for hydroxylation is 1. The van der Waals surface area contributed by atoms with Crippen LogP contribution >= 0.6 is 0 Å². The van der Waals surface area contributed by atoms with Gasteiger partial charge in [0, 0.05) is 50.2 Å². The molecule has 9 nitrogen and oxygen atoms in total. The van der Waals surface area contributed by atoms with Crippen LogP contribution in [0.5, 0.6) is 0 Å². The number of nitrogens with one attached hydrogen (secondary N) is 1. The van der Waals surface area contributed by atoms with Crippen molar-refractivity contribution in [3.63, 3.8) is 0 Å². The summed E-state index contributed by atoms with van der Waals surface area (Å²) in [5, 5.41) is 9.16. The lowest BCUT2D eigenvalue weighted by atomic mass is 10.0. The molecular formula is C22H25FN4O5S. The minimum absolute atomic E-state index is 0.115. The number of amides is 1. The number of hydroxylamine groups is 1. The molecule has 0 spiro atoms. The minimum Gasteiger partial charge on any atom is -0.363 e. The molecule has 2 aromatic heterocycles. The van der Waals surface area contributed by atoms with Crippen molar-refractivity contribution in [2.75, 3.05) is 25.3 Å². The van der Waals surface area contributed by atoms with Crippen LogP contribution in [0, 0.1) is 5.82 Å². The van der Waals surface area contributed by atoms with Gasteiger partial charge in [-0.15, -0.1) is 0 Å². The quantitative estimate of drug-likeness (QED) is 0.395. The second-order valence-corrected chi connectivity index (χ2v) is 10.7. The van der Waals surface area contributed by atoms with Gasteiger partial charge in [-0.25, -0.2) is 23.3 Å². The highest BCUT2D eigenvalue weighted by Crippen LogP contribution is 2.26. The van der Waals surface area contributed by atoms with Gasteiger partial charge >= 0.3 is 0 Å². The predicted molar refractivity (Wildman–Crippen MR) is 124 cm³/mol. The fraction of sp³-hybridized carbons (Fsp3) is 0.318. The maximum atomic E-state index is 15.0. The number of fused-ring (bicyclic) bond motifs is 1. The Kier molecular flexibility index (Phi) is 6.57. The predicted octanol–water partition coefficient (Wildman–Crippen LogP) is 1.97. The minimum atomic E-state index is -3.95. The van der Waals surface area contributed by atoms with Crippen LogP contribution in [0.3, 0.4) is 0 Å². The van der Waals surface area contributed by atoms with Crippen LogP contribution in [0.1, 0.15) is 13.3 Å². The number of nitrogens with zero attached hydrogens (tertiary/aromatic N) is 3. The van der Waals surface area contributed by atoms with Gasteiger partial charge in [0.1, 0.15) is 11.6 Å². The number of carbonyl (C=O) groups excluding carboxylic acids is 1. The van der Waals surface area contributed by atoms with Gasteiger partial charge in [-0.3, -0.25) is 14.8 Å². The lowest BCUT2D eigenvalue weighted by Gasteiger charge is -2.25. The molecule has 0 aliphatic carbocycles. The molecule has 1 atom stereocenters. The maximum Gasteiger partial charge on any atom is 0.264 e. The lowest BCUT2D eigenvalue weighted by Crippen LogP contribution is -2.50. The van der Waals surface area contributed by atoms with E-state index in [2.05, 4.69) is 4.98 Å². The zero-order valence-electron chi connectivity index (χ0n) is 18.7. The van der Waals surface area contributed by atoms with E-state index in [1.807, 2.05) is 31.1 Å². The molecule has 1 amide bonds. The summed E-state index contributed by atoms with van der Waals surface area (Å²) in [6.07, 6.45) is 3.16. The zero-order chi connectivity index (χ0) is 24.6. The monoisotopic (exact) mass is 476 g/mol. The zero-order valence-corrected chi connectivity index (χ0v) is 19.5. The first-order valence-electron chi connectivity index (χ1n) is 9.99. The lowest BCUT2D eigenvalue weighted by molar-refractivity contribution is -0.131. The number of halogens is 1. The number of carbonyl (C=O) groups is 1. The number of hydrogen-bond acceptors (Lipinski definition) is 7. The van der Waals surface area contributed by atoms with Crippen LogP contribution in [0.15, 0.2) is 47.5 Å². The van der Waals surface area contributed by atoms with E-state index in [1.165, 1.54) is 11.5 Å². The highest BCUT2D eigenvalue weighted by atomic mass is 32.2. The van der Waals surface area contributed by atoms with E-state index in [1.54, 1.807) is 18.3 Å². The van der Waals surface area contributed by atoms with Gasteiger partial charge in [0.2, 0.25) is 0 Å². The second kappa shape index (κ2) is 8.91. The molecule has 3 rings (SSSR count). The van der Waals surface area contributed by atoms with Crippen LogP contribution < -0.4 is 15.9 Å². The van der Waals surface area contributed by atoms with Gasteiger partial charge in [0.25, 0.3) is 11.5 Å². The number of sulfone groups is 1. The molecule has 11 heteroatoms. The normalized spacial score (nSPS) is 13.5. The third-order valence-corrected chi connectivity index (χ3v) is 7.83. The Morgan fingerprint density at radius 2 is 1.88 bits per heavy atom. The van der Waals surface area contributed by atoms with Crippen LogP contribution in [0.2, 0.25) is 0 Å². The Hall–Kier alpha value is -3.31. The van der Waals surface area contributed by atoms with E-state index >= 15 is 0 Å². The van der Waals surface area contributed by atoms with Crippen molar-refractivity contribution in [2.45, 2.75) is 24.6 Å². The highest BCUT2D eigenvalue weighted by Gasteiger charge is 2.43. The summed E-state index contributed by atoms with van der Waals surface area (Å²) < 4.78 is 38.2. The Bertz CT molecular complexity index is 1370. The molecule has 2 heterocycles. The average Bonchev–Trinajstić information content (AvgIpc) is 2.78. The van der Waals surface area contributed by atoms with E-state index in [0.29, 0.717) is 5.56 Å². The first kappa shape index (κ1) is 24.3. The van der Waals surface area contributed by atoms with E-state index in [-0.39, 0.29) is 23.7 Å². The summed E-state index contributed by atoms with van der Waals surface area (Å²) in [4.78, 5) is 31.1. The Balaban J connectivity index is 1.98. The molecule has 3 aromatic rings.